The van der Waals surface area contributed by atoms with Gasteiger partial charge in [0, 0.05) is 0 Å². The first-order chi connectivity index (χ1) is 10.1. The Hall–Kier alpha value is -1.88. The van der Waals surface area contributed by atoms with Crippen molar-refractivity contribution < 1.29 is 43.3 Å². The van der Waals surface area contributed by atoms with E-state index in [0.717, 1.165) is 0 Å². The van der Waals surface area contributed by atoms with E-state index in [9.17, 15) is 39.2 Å². The predicted molar refractivity (Wildman–Crippen MR) is 57.8 cm³/mol. The molecule has 120 valence electrons. The zero-order chi connectivity index (χ0) is 17.0. The van der Waals surface area contributed by atoms with Crippen LogP contribution in [0.1, 0.15) is 0 Å². The van der Waals surface area contributed by atoms with E-state index < -0.39 is 66.5 Å². The molecule has 0 saturated carbocycles. The van der Waals surface area contributed by atoms with E-state index in [1.54, 1.807) is 0 Å². The Balaban J connectivity index is 3.31. The molecule has 3 nitrogen and oxygen atoms in total. The summed E-state index contributed by atoms with van der Waals surface area (Å²) >= 11 is 0. The second-order valence-corrected chi connectivity index (χ2v) is 5.55. The predicted octanol–water partition coefficient (Wildman–Crippen LogP) is 3.15. The second kappa shape index (κ2) is 5.09. The van der Waals surface area contributed by atoms with Crippen molar-refractivity contribution in [1.82, 2.24) is 0 Å². The highest BCUT2D eigenvalue weighted by atomic mass is 32.2. The Kier molecular flexibility index (Phi) is 3.81. The SMILES string of the molecule is COS(=O)(=O)c1c(F)c(F)c(F)c2c(F)c(F)c(F)c(F)c12. The molecule has 0 bridgehead atoms. The lowest BCUT2D eigenvalue weighted by molar-refractivity contribution is 0.382. The van der Waals surface area contributed by atoms with Crippen LogP contribution in [0.5, 0.6) is 0 Å². The van der Waals surface area contributed by atoms with Gasteiger partial charge in [-0.25, -0.2) is 30.7 Å². The number of hydrogen-bond donors (Lipinski definition) is 0. The molecule has 2 aromatic carbocycles. The molecule has 0 unspecified atom stereocenters. The summed E-state index contributed by atoms with van der Waals surface area (Å²) in [6.07, 6.45) is 0. The highest BCUT2D eigenvalue weighted by Gasteiger charge is 2.35. The summed E-state index contributed by atoms with van der Waals surface area (Å²) in [6, 6.07) is 0. The molecule has 0 saturated heterocycles. The summed E-state index contributed by atoms with van der Waals surface area (Å²) in [6.45, 7) is 0. The van der Waals surface area contributed by atoms with Crippen LogP contribution in [0.3, 0.4) is 0 Å². The van der Waals surface area contributed by atoms with Crippen LogP contribution in [0.4, 0.5) is 30.7 Å². The van der Waals surface area contributed by atoms with Crippen molar-refractivity contribution >= 4 is 20.9 Å². The van der Waals surface area contributed by atoms with Gasteiger partial charge in [-0.3, -0.25) is 4.18 Å². The van der Waals surface area contributed by atoms with Crippen molar-refractivity contribution in [2.24, 2.45) is 0 Å². The maximum atomic E-state index is 13.7. The molecule has 0 aliphatic rings. The third-order valence-electron chi connectivity index (χ3n) is 2.77. The van der Waals surface area contributed by atoms with Gasteiger partial charge in [-0.05, 0) is 0 Å². The molecule has 2 aromatic rings. The molecule has 0 fully saturated rings. The topological polar surface area (TPSA) is 43.4 Å². The van der Waals surface area contributed by atoms with Crippen molar-refractivity contribution in [3.8, 4) is 0 Å². The summed E-state index contributed by atoms with van der Waals surface area (Å²) < 4.78 is 121. The molecule has 0 aromatic heterocycles. The average molecular weight is 348 g/mol. The largest absolute Gasteiger partial charge is 0.300 e. The fourth-order valence-corrected chi connectivity index (χ4v) is 2.70. The molecule has 0 N–H and O–H groups in total. The van der Waals surface area contributed by atoms with Gasteiger partial charge in [-0.1, -0.05) is 0 Å². The third kappa shape index (κ3) is 2.03. The Morgan fingerprint density at radius 2 is 1.00 bits per heavy atom. The normalized spacial score (nSPS) is 12.2. The number of hydrogen-bond acceptors (Lipinski definition) is 3. The Morgan fingerprint density at radius 3 is 1.41 bits per heavy atom. The van der Waals surface area contributed by atoms with Crippen molar-refractivity contribution in [3.63, 3.8) is 0 Å². The number of rotatable bonds is 2. The molecule has 11 heteroatoms. The van der Waals surface area contributed by atoms with E-state index in [1.165, 1.54) is 0 Å². The fourth-order valence-electron chi connectivity index (χ4n) is 1.78. The molecular formula is C11H3F7O3S. The Morgan fingerprint density at radius 1 is 0.636 bits per heavy atom. The number of fused-ring (bicyclic) bond motifs is 1. The zero-order valence-corrected chi connectivity index (χ0v) is 11.1. The molecule has 2 rings (SSSR count). The van der Waals surface area contributed by atoms with Gasteiger partial charge in [0.25, 0.3) is 0 Å². The lowest BCUT2D eigenvalue weighted by Gasteiger charge is -2.12. The van der Waals surface area contributed by atoms with Gasteiger partial charge in [0.05, 0.1) is 17.9 Å². The van der Waals surface area contributed by atoms with Gasteiger partial charge < -0.3 is 0 Å². The van der Waals surface area contributed by atoms with Crippen LogP contribution < -0.4 is 0 Å². The van der Waals surface area contributed by atoms with Gasteiger partial charge in [0.1, 0.15) is 4.90 Å². The van der Waals surface area contributed by atoms with Crippen LogP contribution in [0.2, 0.25) is 0 Å². The standard InChI is InChI=1S/C11H3F7O3S/c1-21-22(19,20)11-3-2(5(13)9(17)10(11)18)4(12)7(15)8(16)6(3)14/h1H3. The first-order valence-electron chi connectivity index (χ1n) is 5.19. The maximum absolute atomic E-state index is 13.7. The average Bonchev–Trinajstić information content (AvgIpc) is 2.47. The van der Waals surface area contributed by atoms with Gasteiger partial charge in [0.15, 0.2) is 40.7 Å². The van der Waals surface area contributed by atoms with E-state index in [2.05, 4.69) is 4.18 Å². The monoisotopic (exact) mass is 348 g/mol. The molecule has 0 aliphatic carbocycles. The molecule has 0 amide bonds. The fraction of sp³-hybridized carbons (Fsp3) is 0.0909. The minimum atomic E-state index is -5.24. The number of benzene rings is 2. The van der Waals surface area contributed by atoms with Gasteiger partial charge in [-0.15, -0.1) is 0 Å². The van der Waals surface area contributed by atoms with Crippen LogP contribution in [0.25, 0.3) is 10.8 Å². The second-order valence-electron chi connectivity index (χ2n) is 3.90. The van der Waals surface area contributed by atoms with Crippen molar-refractivity contribution in [1.29, 1.82) is 0 Å². The zero-order valence-electron chi connectivity index (χ0n) is 10.3. The lowest BCUT2D eigenvalue weighted by Crippen LogP contribution is -2.13. The maximum Gasteiger partial charge on any atom is 0.300 e. The molecular weight excluding hydrogens is 345 g/mol. The summed E-state index contributed by atoms with van der Waals surface area (Å²) in [5, 5.41) is -3.74. The van der Waals surface area contributed by atoms with Crippen molar-refractivity contribution in [2.75, 3.05) is 7.11 Å². The highest BCUT2D eigenvalue weighted by Crippen LogP contribution is 2.37. The molecule has 0 radical (unpaired) electrons. The summed E-state index contributed by atoms with van der Waals surface area (Å²) in [5.41, 5.74) is 0. The van der Waals surface area contributed by atoms with E-state index in [-0.39, 0.29) is 0 Å². The first-order valence-corrected chi connectivity index (χ1v) is 6.59. The van der Waals surface area contributed by atoms with Crippen LogP contribution in [-0.4, -0.2) is 15.5 Å². The highest BCUT2D eigenvalue weighted by molar-refractivity contribution is 7.87. The van der Waals surface area contributed by atoms with Gasteiger partial charge in [0.2, 0.25) is 0 Å². The van der Waals surface area contributed by atoms with E-state index in [0.29, 0.717) is 7.11 Å². The molecule has 0 heterocycles. The van der Waals surface area contributed by atoms with Crippen LogP contribution in [0, 0.1) is 40.7 Å². The molecule has 0 aliphatic heterocycles. The third-order valence-corrected chi connectivity index (χ3v) is 4.09. The summed E-state index contributed by atoms with van der Waals surface area (Å²) in [7, 11) is -4.79. The Bertz CT molecular complexity index is 900. The molecule has 22 heavy (non-hydrogen) atoms. The van der Waals surface area contributed by atoms with Gasteiger partial charge >= 0.3 is 10.1 Å². The lowest BCUT2D eigenvalue weighted by atomic mass is 10.1. The smallest absolute Gasteiger partial charge is 0.270 e. The quantitative estimate of drug-likeness (QED) is 0.362. The van der Waals surface area contributed by atoms with E-state index in [1.807, 2.05) is 0 Å². The van der Waals surface area contributed by atoms with Crippen LogP contribution in [0.15, 0.2) is 4.90 Å². The van der Waals surface area contributed by atoms with E-state index in [4.69, 9.17) is 0 Å². The molecule has 0 atom stereocenters. The number of halogens is 7. The van der Waals surface area contributed by atoms with E-state index >= 15 is 0 Å². The summed E-state index contributed by atoms with van der Waals surface area (Å²) in [5.74, 6) is -17.3. The molecule has 0 spiro atoms. The minimum Gasteiger partial charge on any atom is -0.270 e. The van der Waals surface area contributed by atoms with Crippen LogP contribution >= 0.6 is 0 Å². The van der Waals surface area contributed by atoms with Crippen molar-refractivity contribution in [2.45, 2.75) is 4.90 Å². The summed E-state index contributed by atoms with van der Waals surface area (Å²) in [4.78, 5) is -1.99. The Labute approximate surface area is 118 Å². The van der Waals surface area contributed by atoms with Gasteiger partial charge in [-0.2, -0.15) is 8.42 Å². The van der Waals surface area contributed by atoms with Crippen molar-refractivity contribution in [3.05, 3.63) is 40.7 Å². The first kappa shape index (κ1) is 16.5. The van der Waals surface area contributed by atoms with Crippen LogP contribution in [-0.2, 0) is 14.3 Å². The minimum absolute atomic E-state index is 0.454.